The number of rotatable bonds is 4. The maximum Gasteiger partial charge on any atom is 0.121 e. The first-order chi connectivity index (χ1) is 9.24. The van der Waals surface area contributed by atoms with Crippen molar-refractivity contribution in [3.8, 4) is 11.8 Å². The molecule has 0 amide bonds. The molecule has 0 aliphatic rings. The number of anilines is 2. The van der Waals surface area contributed by atoms with Crippen LogP contribution in [0.5, 0.6) is 5.75 Å². The summed E-state index contributed by atoms with van der Waals surface area (Å²) in [6.07, 6.45) is 0. The van der Waals surface area contributed by atoms with Crippen molar-refractivity contribution in [1.29, 1.82) is 5.26 Å². The van der Waals surface area contributed by atoms with Crippen LogP contribution in [0.15, 0.2) is 42.5 Å². The number of benzene rings is 2. The molecule has 0 unspecified atom stereocenters. The van der Waals surface area contributed by atoms with Gasteiger partial charge in [-0.1, -0.05) is 23.7 Å². The summed E-state index contributed by atoms with van der Waals surface area (Å²) >= 11 is 5.99. The van der Waals surface area contributed by atoms with Gasteiger partial charge in [0.15, 0.2) is 0 Å². The van der Waals surface area contributed by atoms with E-state index in [0.717, 1.165) is 11.4 Å². The van der Waals surface area contributed by atoms with Crippen molar-refractivity contribution in [2.75, 3.05) is 11.9 Å². The van der Waals surface area contributed by atoms with Crippen molar-refractivity contribution in [1.82, 2.24) is 0 Å². The largest absolute Gasteiger partial charge is 0.494 e. The van der Waals surface area contributed by atoms with Gasteiger partial charge in [-0.3, -0.25) is 0 Å². The maximum absolute atomic E-state index is 9.12. The fraction of sp³-hybridized carbons (Fsp3) is 0.133. The zero-order valence-corrected chi connectivity index (χ0v) is 11.2. The van der Waals surface area contributed by atoms with Gasteiger partial charge in [-0.05, 0) is 31.2 Å². The summed E-state index contributed by atoms with van der Waals surface area (Å²) in [5.74, 6) is 0.785. The van der Waals surface area contributed by atoms with Gasteiger partial charge in [0.05, 0.1) is 22.9 Å². The Morgan fingerprint density at radius 1 is 1.26 bits per heavy atom. The van der Waals surface area contributed by atoms with Crippen LogP contribution in [0.4, 0.5) is 11.4 Å². The van der Waals surface area contributed by atoms with Gasteiger partial charge >= 0.3 is 0 Å². The zero-order chi connectivity index (χ0) is 13.7. The molecule has 0 fully saturated rings. The number of hydrogen-bond acceptors (Lipinski definition) is 3. The molecule has 0 saturated heterocycles. The Hall–Kier alpha value is -2.18. The van der Waals surface area contributed by atoms with Gasteiger partial charge in [0.25, 0.3) is 0 Å². The lowest BCUT2D eigenvalue weighted by atomic mass is 10.2. The summed E-state index contributed by atoms with van der Waals surface area (Å²) in [4.78, 5) is 0. The Morgan fingerprint density at radius 3 is 2.79 bits per heavy atom. The SMILES string of the molecule is CCOc1cccc(Nc2cccc(Cl)c2C#N)c1. The van der Waals surface area contributed by atoms with Crippen LogP contribution in [0.1, 0.15) is 12.5 Å². The summed E-state index contributed by atoms with van der Waals surface area (Å²) < 4.78 is 5.43. The van der Waals surface area contributed by atoms with Crippen LogP contribution in [0.2, 0.25) is 5.02 Å². The molecule has 1 N–H and O–H groups in total. The highest BCUT2D eigenvalue weighted by Gasteiger charge is 2.06. The number of ether oxygens (including phenoxy) is 1. The summed E-state index contributed by atoms with van der Waals surface area (Å²) in [5.41, 5.74) is 1.97. The van der Waals surface area contributed by atoms with Crippen LogP contribution >= 0.6 is 11.6 Å². The van der Waals surface area contributed by atoms with Crippen LogP contribution in [-0.2, 0) is 0 Å². The van der Waals surface area contributed by atoms with E-state index < -0.39 is 0 Å². The molecule has 0 radical (unpaired) electrons. The molecule has 0 aliphatic heterocycles. The average Bonchev–Trinajstić information content (AvgIpc) is 2.40. The quantitative estimate of drug-likeness (QED) is 0.900. The minimum atomic E-state index is 0.436. The molecule has 2 aromatic rings. The number of nitriles is 1. The number of hydrogen-bond donors (Lipinski definition) is 1. The first-order valence-electron chi connectivity index (χ1n) is 5.93. The van der Waals surface area contributed by atoms with E-state index in [0.29, 0.717) is 22.9 Å². The van der Waals surface area contributed by atoms with Crippen LogP contribution in [0.25, 0.3) is 0 Å². The number of nitrogens with one attached hydrogen (secondary N) is 1. The first-order valence-corrected chi connectivity index (χ1v) is 6.31. The maximum atomic E-state index is 9.12. The van der Waals surface area contributed by atoms with Gasteiger partial charge in [0.2, 0.25) is 0 Å². The standard InChI is InChI=1S/C15H13ClN2O/c1-2-19-12-6-3-5-11(9-12)18-15-8-4-7-14(16)13(15)10-17/h3-9,18H,2H2,1H3. The Kier molecular flexibility index (Phi) is 4.27. The summed E-state index contributed by atoms with van der Waals surface area (Å²) in [7, 11) is 0. The van der Waals surface area contributed by atoms with E-state index in [1.54, 1.807) is 12.1 Å². The molecule has 0 spiro atoms. The predicted molar refractivity (Wildman–Crippen MR) is 77.1 cm³/mol. The summed E-state index contributed by atoms with van der Waals surface area (Å²) in [6, 6.07) is 15.0. The van der Waals surface area contributed by atoms with Gasteiger partial charge < -0.3 is 10.1 Å². The Labute approximate surface area is 117 Å². The molecule has 4 heteroatoms. The molecular formula is C15H13ClN2O. The molecule has 0 heterocycles. The first kappa shape index (κ1) is 13.3. The molecule has 0 aliphatic carbocycles. The smallest absolute Gasteiger partial charge is 0.121 e. The van der Waals surface area contributed by atoms with Gasteiger partial charge in [-0.2, -0.15) is 5.26 Å². The zero-order valence-electron chi connectivity index (χ0n) is 10.5. The fourth-order valence-electron chi connectivity index (χ4n) is 1.73. The lowest BCUT2D eigenvalue weighted by Gasteiger charge is -2.10. The molecule has 0 saturated carbocycles. The third-order valence-electron chi connectivity index (χ3n) is 2.55. The molecular weight excluding hydrogens is 260 g/mol. The van der Waals surface area contributed by atoms with Crippen LogP contribution in [0, 0.1) is 11.3 Å². The lowest BCUT2D eigenvalue weighted by molar-refractivity contribution is 0.340. The highest BCUT2D eigenvalue weighted by molar-refractivity contribution is 6.32. The minimum Gasteiger partial charge on any atom is -0.494 e. The molecule has 0 aromatic heterocycles. The van der Waals surface area contributed by atoms with E-state index in [4.69, 9.17) is 21.6 Å². The Balaban J connectivity index is 2.29. The second-order valence-electron chi connectivity index (χ2n) is 3.86. The molecule has 0 atom stereocenters. The van der Waals surface area contributed by atoms with Crippen molar-refractivity contribution in [3.63, 3.8) is 0 Å². The van der Waals surface area contributed by atoms with Crippen molar-refractivity contribution < 1.29 is 4.74 Å². The molecule has 96 valence electrons. The van der Waals surface area contributed by atoms with Crippen molar-refractivity contribution in [2.24, 2.45) is 0 Å². The molecule has 2 aromatic carbocycles. The average molecular weight is 273 g/mol. The highest BCUT2D eigenvalue weighted by atomic mass is 35.5. The second kappa shape index (κ2) is 6.12. The fourth-order valence-corrected chi connectivity index (χ4v) is 1.94. The normalized spacial score (nSPS) is 9.74. The number of halogens is 1. The van der Waals surface area contributed by atoms with Gasteiger partial charge in [-0.15, -0.1) is 0 Å². The van der Waals surface area contributed by atoms with E-state index in [2.05, 4.69) is 11.4 Å². The van der Waals surface area contributed by atoms with Crippen LogP contribution in [0.3, 0.4) is 0 Å². The Bertz CT molecular complexity index is 620. The Morgan fingerprint density at radius 2 is 2.05 bits per heavy atom. The summed E-state index contributed by atoms with van der Waals surface area (Å²) in [5, 5.41) is 12.7. The highest BCUT2D eigenvalue weighted by Crippen LogP contribution is 2.27. The van der Waals surface area contributed by atoms with Gasteiger partial charge in [0, 0.05) is 11.8 Å². The van der Waals surface area contributed by atoms with E-state index >= 15 is 0 Å². The van der Waals surface area contributed by atoms with Gasteiger partial charge in [-0.25, -0.2) is 0 Å². The molecule has 19 heavy (non-hydrogen) atoms. The molecule has 2 rings (SSSR count). The van der Waals surface area contributed by atoms with Crippen LogP contribution < -0.4 is 10.1 Å². The van der Waals surface area contributed by atoms with E-state index in [1.807, 2.05) is 37.3 Å². The van der Waals surface area contributed by atoms with Crippen molar-refractivity contribution in [2.45, 2.75) is 6.92 Å². The second-order valence-corrected chi connectivity index (χ2v) is 4.27. The molecule has 0 bridgehead atoms. The predicted octanol–water partition coefficient (Wildman–Crippen LogP) is 4.35. The lowest BCUT2D eigenvalue weighted by Crippen LogP contribution is -1.96. The topological polar surface area (TPSA) is 45.0 Å². The third kappa shape index (κ3) is 3.18. The molecule has 3 nitrogen and oxygen atoms in total. The monoisotopic (exact) mass is 272 g/mol. The van der Waals surface area contributed by atoms with E-state index in [9.17, 15) is 0 Å². The van der Waals surface area contributed by atoms with E-state index in [-0.39, 0.29) is 0 Å². The van der Waals surface area contributed by atoms with Crippen molar-refractivity contribution >= 4 is 23.0 Å². The third-order valence-corrected chi connectivity index (χ3v) is 2.86. The van der Waals surface area contributed by atoms with E-state index in [1.165, 1.54) is 0 Å². The van der Waals surface area contributed by atoms with Crippen LogP contribution in [-0.4, -0.2) is 6.61 Å². The number of nitrogens with zero attached hydrogens (tertiary/aromatic N) is 1. The van der Waals surface area contributed by atoms with Gasteiger partial charge in [0.1, 0.15) is 11.8 Å². The van der Waals surface area contributed by atoms with Crippen molar-refractivity contribution in [3.05, 3.63) is 53.1 Å². The minimum absolute atomic E-state index is 0.436. The summed E-state index contributed by atoms with van der Waals surface area (Å²) in [6.45, 7) is 2.55.